The van der Waals surface area contributed by atoms with Crippen molar-refractivity contribution in [2.24, 2.45) is 5.73 Å². The molecule has 9 heteroatoms. The number of nitrogens with one attached hydrogen (secondary N) is 2. The minimum atomic E-state index is -0.545. The highest BCUT2D eigenvalue weighted by Gasteiger charge is 2.25. The number of fused-ring (bicyclic) bond motifs is 1. The van der Waals surface area contributed by atoms with Crippen molar-refractivity contribution >= 4 is 39.9 Å². The highest BCUT2D eigenvalue weighted by atomic mass is 32.2. The standard InChI is InChI=1S/C16H18N4O3S2/c1-24-7-11-18-9(6-12(21)19-11)15(23)20-16-13(14(17)22)8-4-2-3-5-10(8)25-16/h6H,2-5,7H2,1H3,(H2,17,22)(H,20,23)(H,18,19,21). The topological polar surface area (TPSA) is 118 Å². The quantitative estimate of drug-likeness (QED) is 0.735. The van der Waals surface area contributed by atoms with Crippen LogP contribution in [0.3, 0.4) is 0 Å². The molecular formula is C16H18N4O3S2. The summed E-state index contributed by atoms with van der Waals surface area (Å²) in [6, 6.07) is 1.15. The molecule has 2 aromatic heterocycles. The molecule has 1 aliphatic carbocycles. The van der Waals surface area contributed by atoms with Crippen molar-refractivity contribution in [1.82, 2.24) is 9.97 Å². The number of primary amides is 1. The van der Waals surface area contributed by atoms with Crippen LogP contribution < -0.4 is 16.6 Å². The van der Waals surface area contributed by atoms with E-state index in [1.165, 1.54) is 23.1 Å². The number of nitrogens with zero attached hydrogens (tertiary/aromatic N) is 1. The Labute approximate surface area is 152 Å². The van der Waals surface area contributed by atoms with E-state index in [2.05, 4.69) is 15.3 Å². The maximum atomic E-state index is 12.5. The number of rotatable bonds is 5. The Balaban J connectivity index is 1.92. The van der Waals surface area contributed by atoms with Gasteiger partial charge in [0.25, 0.3) is 17.4 Å². The van der Waals surface area contributed by atoms with E-state index in [0.717, 1.165) is 42.2 Å². The zero-order chi connectivity index (χ0) is 18.0. The van der Waals surface area contributed by atoms with Crippen molar-refractivity contribution in [2.75, 3.05) is 11.6 Å². The van der Waals surface area contributed by atoms with Crippen LogP contribution in [0.1, 0.15) is 50.0 Å². The SMILES string of the molecule is CSCc1nc(C(=O)Nc2sc3c(c2C(N)=O)CCCC3)cc(=O)[nH]1. The maximum absolute atomic E-state index is 12.5. The number of hydrogen-bond acceptors (Lipinski definition) is 6. The van der Waals surface area contributed by atoms with Gasteiger partial charge in [-0.05, 0) is 37.5 Å². The van der Waals surface area contributed by atoms with Gasteiger partial charge in [-0.1, -0.05) is 0 Å². The molecule has 0 saturated carbocycles. The molecule has 7 nitrogen and oxygen atoms in total. The Kier molecular flexibility index (Phi) is 5.24. The van der Waals surface area contributed by atoms with Gasteiger partial charge in [0, 0.05) is 10.9 Å². The lowest BCUT2D eigenvalue weighted by Crippen LogP contribution is -2.22. The van der Waals surface area contributed by atoms with Crippen LogP contribution in [0.15, 0.2) is 10.9 Å². The van der Waals surface area contributed by atoms with E-state index < -0.39 is 11.8 Å². The highest BCUT2D eigenvalue weighted by molar-refractivity contribution is 7.97. The van der Waals surface area contributed by atoms with Crippen LogP contribution in [0, 0.1) is 0 Å². The summed E-state index contributed by atoms with van der Waals surface area (Å²) in [6.45, 7) is 0. The summed E-state index contributed by atoms with van der Waals surface area (Å²) in [5, 5.41) is 3.16. The first-order valence-corrected chi connectivity index (χ1v) is 10.1. The van der Waals surface area contributed by atoms with Gasteiger partial charge in [-0.3, -0.25) is 14.4 Å². The second kappa shape index (κ2) is 7.40. The summed E-state index contributed by atoms with van der Waals surface area (Å²) in [4.78, 5) is 44.0. The average molecular weight is 378 g/mol. The van der Waals surface area contributed by atoms with Gasteiger partial charge in [0.1, 0.15) is 16.5 Å². The molecule has 132 valence electrons. The van der Waals surface area contributed by atoms with E-state index in [-0.39, 0.29) is 11.3 Å². The smallest absolute Gasteiger partial charge is 0.275 e. The predicted octanol–water partition coefficient (Wildman–Crippen LogP) is 1.92. The monoisotopic (exact) mass is 378 g/mol. The Bertz CT molecular complexity index is 888. The predicted molar refractivity (Wildman–Crippen MR) is 99.5 cm³/mol. The zero-order valence-electron chi connectivity index (χ0n) is 13.7. The molecule has 2 aromatic rings. The van der Waals surface area contributed by atoms with Crippen LogP contribution in [0.4, 0.5) is 5.00 Å². The molecule has 2 heterocycles. The van der Waals surface area contributed by atoms with Gasteiger partial charge in [0.2, 0.25) is 0 Å². The van der Waals surface area contributed by atoms with Crippen LogP contribution in [0.2, 0.25) is 0 Å². The number of thiophene rings is 1. The van der Waals surface area contributed by atoms with E-state index in [4.69, 9.17) is 5.73 Å². The number of thioether (sulfide) groups is 1. The van der Waals surface area contributed by atoms with E-state index >= 15 is 0 Å². The fraction of sp³-hybridized carbons (Fsp3) is 0.375. The molecule has 3 rings (SSSR count). The van der Waals surface area contributed by atoms with Crippen molar-refractivity contribution in [3.63, 3.8) is 0 Å². The van der Waals surface area contributed by atoms with Crippen LogP contribution in [-0.4, -0.2) is 28.0 Å². The van der Waals surface area contributed by atoms with Gasteiger partial charge in [-0.15, -0.1) is 11.3 Å². The van der Waals surface area contributed by atoms with E-state index in [0.29, 0.717) is 22.1 Å². The molecular weight excluding hydrogens is 360 g/mol. The molecule has 0 aromatic carbocycles. The summed E-state index contributed by atoms with van der Waals surface area (Å²) in [6.07, 6.45) is 5.62. The minimum absolute atomic E-state index is 0.0228. The number of carbonyl (C=O) groups excluding carboxylic acids is 2. The number of nitrogens with two attached hydrogens (primary N) is 1. The first-order valence-electron chi connectivity index (χ1n) is 7.84. The molecule has 0 fully saturated rings. The summed E-state index contributed by atoms with van der Waals surface area (Å²) in [5.74, 6) is -0.132. The lowest BCUT2D eigenvalue weighted by Gasteiger charge is -2.11. The van der Waals surface area contributed by atoms with Gasteiger partial charge in [-0.2, -0.15) is 11.8 Å². The number of amides is 2. The van der Waals surface area contributed by atoms with Gasteiger partial charge in [0.05, 0.1) is 11.3 Å². The van der Waals surface area contributed by atoms with Gasteiger partial charge < -0.3 is 16.0 Å². The van der Waals surface area contributed by atoms with Crippen LogP contribution in [0.5, 0.6) is 0 Å². The van der Waals surface area contributed by atoms with Crippen molar-refractivity contribution in [3.05, 3.63) is 43.9 Å². The summed E-state index contributed by atoms with van der Waals surface area (Å²) < 4.78 is 0. The van der Waals surface area contributed by atoms with E-state index in [9.17, 15) is 14.4 Å². The lowest BCUT2D eigenvalue weighted by molar-refractivity contribution is 0.100. The minimum Gasteiger partial charge on any atom is -0.365 e. The van der Waals surface area contributed by atoms with Gasteiger partial charge >= 0.3 is 0 Å². The second-order valence-electron chi connectivity index (χ2n) is 5.74. The summed E-state index contributed by atoms with van der Waals surface area (Å²) >= 11 is 2.87. The Morgan fingerprint density at radius 2 is 2.16 bits per heavy atom. The zero-order valence-corrected chi connectivity index (χ0v) is 15.3. The van der Waals surface area contributed by atoms with Crippen LogP contribution >= 0.6 is 23.1 Å². The lowest BCUT2D eigenvalue weighted by atomic mass is 9.95. The molecule has 1 aliphatic rings. The molecule has 4 N–H and O–H groups in total. The number of carbonyl (C=O) groups is 2. The van der Waals surface area contributed by atoms with E-state index in [1.54, 1.807) is 0 Å². The molecule has 0 spiro atoms. The van der Waals surface area contributed by atoms with Crippen molar-refractivity contribution < 1.29 is 9.59 Å². The molecule has 2 amide bonds. The first kappa shape index (κ1) is 17.7. The molecule has 0 bridgehead atoms. The number of aromatic nitrogens is 2. The van der Waals surface area contributed by atoms with E-state index in [1.807, 2.05) is 6.26 Å². The third kappa shape index (κ3) is 3.77. The number of aryl methyl sites for hydroxylation is 1. The van der Waals surface area contributed by atoms with Crippen molar-refractivity contribution in [2.45, 2.75) is 31.4 Å². The molecule has 0 radical (unpaired) electrons. The average Bonchev–Trinajstić information content (AvgIpc) is 2.92. The fourth-order valence-electron chi connectivity index (χ4n) is 2.91. The summed E-state index contributed by atoms with van der Waals surface area (Å²) in [5.41, 5.74) is 6.50. The molecule has 0 atom stereocenters. The Morgan fingerprint density at radius 3 is 2.88 bits per heavy atom. The fourth-order valence-corrected chi connectivity index (χ4v) is 4.61. The normalized spacial score (nSPS) is 13.3. The second-order valence-corrected chi connectivity index (χ2v) is 7.71. The molecule has 25 heavy (non-hydrogen) atoms. The number of anilines is 1. The highest BCUT2D eigenvalue weighted by Crippen LogP contribution is 2.38. The van der Waals surface area contributed by atoms with Crippen molar-refractivity contribution in [1.29, 1.82) is 0 Å². The molecule has 0 unspecified atom stereocenters. The number of hydrogen-bond donors (Lipinski definition) is 3. The van der Waals surface area contributed by atoms with Crippen molar-refractivity contribution in [3.8, 4) is 0 Å². The molecule has 0 aliphatic heterocycles. The Hall–Kier alpha value is -2.13. The number of aromatic amines is 1. The third-order valence-electron chi connectivity index (χ3n) is 3.95. The Morgan fingerprint density at radius 1 is 1.40 bits per heavy atom. The largest absolute Gasteiger partial charge is 0.365 e. The first-order chi connectivity index (χ1) is 12.0. The maximum Gasteiger partial charge on any atom is 0.275 e. The third-order valence-corrected chi connectivity index (χ3v) is 5.72. The molecule has 0 saturated heterocycles. The van der Waals surface area contributed by atoms with Gasteiger partial charge in [-0.25, -0.2) is 4.98 Å². The number of H-pyrrole nitrogens is 1. The van der Waals surface area contributed by atoms with Crippen LogP contribution in [0.25, 0.3) is 0 Å². The van der Waals surface area contributed by atoms with Crippen LogP contribution in [-0.2, 0) is 18.6 Å². The summed E-state index contributed by atoms with van der Waals surface area (Å²) in [7, 11) is 0. The van der Waals surface area contributed by atoms with Gasteiger partial charge in [0.15, 0.2) is 0 Å².